The number of carbonyl (C=O) groups is 3. The second-order valence-corrected chi connectivity index (χ2v) is 7.68. The zero-order valence-electron chi connectivity index (χ0n) is 16.2. The van der Waals surface area contributed by atoms with Crippen LogP contribution in [0, 0.1) is 5.82 Å². The van der Waals surface area contributed by atoms with Crippen LogP contribution in [0.4, 0.5) is 4.39 Å². The number of esters is 2. The largest absolute Gasteiger partial charge is 0.463 e. The van der Waals surface area contributed by atoms with Gasteiger partial charge in [-0.3, -0.25) is 9.69 Å². The molecule has 3 rings (SSSR count). The van der Waals surface area contributed by atoms with Crippen molar-refractivity contribution in [1.82, 2.24) is 4.90 Å². The van der Waals surface area contributed by atoms with E-state index in [1.54, 1.807) is 26.8 Å². The number of hydrogen-bond donors (Lipinski definition) is 1. The minimum absolute atomic E-state index is 0.00287. The smallest absolute Gasteiger partial charge is 0.338 e. The van der Waals surface area contributed by atoms with E-state index in [9.17, 15) is 18.8 Å². The molecule has 154 valence electrons. The quantitative estimate of drug-likeness (QED) is 0.730. The summed E-state index contributed by atoms with van der Waals surface area (Å²) in [6, 6.07) is 5.78. The molecule has 29 heavy (non-hydrogen) atoms. The summed E-state index contributed by atoms with van der Waals surface area (Å²) < 4.78 is 25.1. The molecule has 1 aromatic rings. The van der Waals surface area contributed by atoms with Crippen molar-refractivity contribution in [1.29, 1.82) is 0 Å². The van der Waals surface area contributed by atoms with Crippen LogP contribution in [0.3, 0.4) is 0 Å². The number of hydrogen-bond acceptors (Lipinski definition) is 7. The molecule has 9 heteroatoms. The molecular weight excluding hydrogens is 399 g/mol. The van der Waals surface area contributed by atoms with Crippen LogP contribution in [0.15, 0.2) is 46.3 Å². The van der Waals surface area contributed by atoms with Gasteiger partial charge in [0.2, 0.25) is 5.91 Å². The number of amides is 1. The minimum atomic E-state index is -1.16. The van der Waals surface area contributed by atoms with Crippen molar-refractivity contribution in [3.63, 3.8) is 0 Å². The molecule has 0 aliphatic carbocycles. The predicted molar refractivity (Wildman–Crippen MR) is 105 cm³/mol. The third kappa shape index (κ3) is 3.50. The van der Waals surface area contributed by atoms with E-state index in [1.807, 2.05) is 0 Å². The molecule has 2 atom stereocenters. The van der Waals surface area contributed by atoms with Crippen LogP contribution in [0.25, 0.3) is 0 Å². The van der Waals surface area contributed by atoms with Crippen molar-refractivity contribution >= 4 is 29.6 Å². The Morgan fingerprint density at radius 1 is 1.14 bits per heavy atom. The molecule has 0 unspecified atom stereocenters. The summed E-state index contributed by atoms with van der Waals surface area (Å²) in [6.45, 7) is 5.03. The standard InChI is InChI=1S/C20H21FN2O5S/c1-4-27-19(25)14-13(11-8-6-7-9-12(11)21)15(20(26)28-5-2)18-23(16(14)22)17(24)10(3)29-18/h6-10,13H,4-5,22H2,1-3H3/t10-,13-/m0/s1. The highest BCUT2D eigenvalue weighted by Crippen LogP contribution is 2.50. The topological polar surface area (TPSA) is 98.9 Å². The van der Waals surface area contributed by atoms with Crippen LogP contribution >= 0.6 is 11.8 Å². The van der Waals surface area contributed by atoms with Gasteiger partial charge in [-0.1, -0.05) is 30.0 Å². The van der Waals surface area contributed by atoms with Gasteiger partial charge in [0.15, 0.2) is 0 Å². The molecule has 1 aromatic carbocycles. The molecule has 1 amide bonds. The highest BCUT2D eigenvalue weighted by molar-refractivity contribution is 8.04. The molecule has 7 nitrogen and oxygen atoms in total. The van der Waals surface area contributed by atoms with Crippen LogP contribution < -0.4 is 5.73 Å². The van der Waals surface area contributed by atoms with Crippen molar-refractivity contribution in [3.05, 3.63) is 57.6 Å². The van der Waals surface area contributed by atoms with Gasteiger partial charge in [-0.15, -0.1) is 0 Å². The maximum absolute atomic E-state index is 14.8. The van der Waals surface area contributed by atoms with Crippen LogP contribution in [0.5, 0.6) is 0 Å². The first-order chi connectivity index (χ1) is 13.8. The van der Waals surface area contributed by atoms with E-state index in [0.717, 1.165) is 16.7 Å². The lowest BCUT2D eigenvalue weighted by Gasteiger charge is -2.33. The van der Waals surface area contributed by atoms with E-state index in [-0.39, 0.29) is 46.7 Å². The third-order valence-corrected chi connectivity index (χ3v) is 5.77. The van der Waals surface area contributed by atoms with Crippen molar-refractivity contribution in [2.75, 3.05) is 13.2 Å². The summed E-state index contributed by atoms with van der Waals surface area (Å²) in [6.07, 6.45) is 0. The number of halogens is 1. The Balaban J connectivity index is 2.32. The molecule has 0 aromatic heterocycles. The molecule has 2 heterocycles. The number of fused-ring (bicyclic) bond motifs is 1. The van der Waals surface area contributed by atoms with Crippen LogP contribution in [0.1, 0.15) is 32.3 Å². The second-order valence-electron chi connectivity index (χ2n) is 6.35. The first-order valence-corrected chi connectivity index (χ1v) is 10.0. The molecule has 1 saturated heterocycles. The van der Waals surface area contributed by atoms with Gasteiger partial charge in [0.1, 0.15) is 11.6 Å². The lowest BCUT2D eigenvalue weighted by atomic mass is 9.82. The number of nitrogens with zero attached hydrogens (tertiary/aromatic N) is 1. The second kappa shape index (κ2) is 8.28. The Morgan fingerprint density at radius 3 is 2.31 bits per heavy atom. The zero-order valence-corrected chi connectivity index (χ0v) is 17.0. The number of carbonyl (C=O) groups excluding carboxylic acids is 3. The molecular formula is C20H21FN2O5S. The molecule has 0 saturated carbocycles. The Labute approximate surface area is 171 Å². The molecule has 0 bridgehead atoms. The number of nitrogens with two attached hydrogens (primary N) is 1. The summed E-state index contributed by atoms with van der Waals surface area (Å²) in [5, 5.41) is -0.282. The lowest BCUT2D eigenvalue weighted by molar-refractivity contribution is -0.139. The fourth-order valence-electron chi connectivity index (χ4n) is 3.37. The van der Waals surface area contributed by atoms with Gasteiger partial charge >= 0.3 is 11.9 Å². The van der Waals surface area contributed by atoms with Crippen molar-refractivity contribution in [2.24, 2.45) is 5.73 Å². The van der Waals surface area contributed by atoms with Gasteiger partial charge in [-0.05, 0) is 26.8 Å². The van der Waals surface area contributed by atoms with Crippen molar-refractivity contribution in [3.8, 4) is 0 Å². The highest BCUT2D eigenvalue weighted by Gasteiger charge is 2.49. The summed E-state index contributed by atoms with van der Waals surface area (Å²) in [5.74, 6) is -3.89. The third-order valence-electron chi connectivity index (χ3n) is 4.59. The van der Waals surface area contributed by atoms with Crippen LogP contribution in [-0.4, -0.2) is 41.2 Å². The molecule has 2 N–H and O–H groups in total. The van der Waals surface area contributed by atoms with Crippen LogP contribution in [-0.2, 0) is 23.9 Å². The fraction of sp³-hybridized carbons (Fsp3) is 0.350. The van der Waals surface area contributed by atoms with E-state index >= 15 is 0 Å². The lowest BCUT2D eigenvalue weighted by Crippen LogP contribution is -2.40. The molecule has 0 radical (unpaired) electrons. The fourth-order valence-corrected chi connectivity index (χ4v) is 4.53. The molecule has 2 aliphatic rings. The van der Waals surface area contributed by atoms with E-state index in [1.165, 1.54) is 18.2 Å². The van der Waals surface area contributed by atoms with E-state index in [0.29, 0.717) is 0 Å². The Bertz CT molecular complexity index is 943. The SMILES string of the molecule is CCOC(=O)C1=C(N)N2C(=O)[C@H](C)SC2=C(C(=O)OCC)[C@H]1c1ccccc1F. The average molecular weight is 420 g/mol. The Hall–Kier alpha value is -2.81. The Kier molecular flexibility index (Phi) is 5.97. The van der Waals surface area contributed by atoms with Gasteiger partial charge in [0, 0.05) is 5.56 Å². The summed E-state index contributed by atoms with van der Waals surface area (Å²) in [4.78, 5) is 39.5. The average Bonchev–Trinajstić information content (AvgIpc) is 2.97. The number of thioether (sulfide) groups is 1. The Morgan fingerprint density at radius 2 is 1.72 bits per heavy atom. The van der Waals surface area contributed by atoms with Gasteiger partial charge in [0.25, 0.3) is 0 Å². The molecule has 2 aliphatic heterocycles. The van der Waals surface area contributed by atoms with Crippen LogP contribution in [0.2, 0.25) is 0 Å². The minimum Gasteiger partial charge on any atom is -0.463 e. The highest BCUT2D eigenvalue weighted by atomic mass is 32.2. The van der Waals surface area contributed by atoms with Crippen molar-refractivity contribution < 1.29 is 28.2 Å². The van der Waals surface area contributed by atoms with Gasteiger partial charge in [-0.2, -0.15) is 0 Å². The normalized spacial score (nSPS) is 21.4. The first kappa shape index (κ1) is 20.9. The van der Waals surface area contributed by atoms with Gasteiger partial charge < -0.3 is 15.2 Å². The molecule has 1 fully saturated rings. The van der Waals surface area contributed by atoms with Gasteiger partial charge in [-0.25, -0.2) is 14.0 Å². The maximum atomic E-state index is 14.8. The summed E-state index contributed by atoms with van der Waals surface area (Å²) >= 11 is 1.12. The first-order valence-electron chi connectivity index (χ1n) is 9.16. The van der Waals surface area contributed by atoms with Gasteiger partial charge in [0.05, 0.1) is 40.6 Å². The number of rotatable bonds is 5. The van der Waals surface area contributed by atoms with E-state index in [2.05, 4.69) is 0 Å². The molecule has 0 spiro atoms. The van der Waals surface area contributed by atoms with Crippen molar-refractivity contribution in [2.45, 2.75) is 31.9 Å². The van der Waals surface area contributed by atoms with E-state index in [4.69, 9.17) is 15.2 Å². The maximum Gasteiger partial charge on any atom is 0.338 e. The predicted octanol–water partition coefficient (Wildman–Crippen LogP) is 2.39. The number of ether oxygens (including phenoxy) is 2. The monoisotopic (exact) mass is 420 g/mol. The summed E-state index contributed by atoms with van der Waals surface area (Å²) in [5.41, 5.74) is 6.13. The van der Waals surface area contributed by atoms with E-state index < -0.39 is 28.9 Å². The number of benzene rings is 1. The zero-order chi connectivity index (χ0) is 21.3. The summed E-state index contributed by atoms with van der Waals surface area (Å²) in [7, 11) is 0.